The van der Waals surface area contributed by atoms with Gasteiger partial charge in [0.2, 0.25) is 0 Å². The quantitative estimate of drug-likeness (QED) is 0.688. The first kappa shape index (κ1) is 18.1. The Morgan fingerprint density at radius 2 is 1.89 bits per heavy atom. The molecule has 2 saturated carbocycles. The van der Waals surface area contributed by atoms with Crippen LogP contribution in [0.3, 0.4) is 0 Å². The first-order valence-electron chi connectivity index (χ1n) is 10.4. The van der Waals surface area contributed by atoms with Gasteiger partial charge in [0, 0.05) is 6.20 Å². The van der Waals surface area contributed by atoms with E-state index in [4.69, 9.17) is 10.5 Å². The maximum Gasteiger partial charge on any atom is 0.164 e. The number of rotatable bonds is 2. The monoisotopic (exact) mass is 384 g/mol. The number of aliphatic hydroxyl groups excluding tert-OH is 2. The molecule has 3 heterocycles. The molecule has 2 aromatic rings. The average molecular weight is 384 g/mol. The molecule has 4 N–H and O–H groups in total. The summed E-state index contributed by atoms with van der Waals surface area (Å²) >= 11 is 0. The molecule has 7 heteroatoms. The molecular weight excluding hydrogens is 356 g/mol. The summed E-state index contributed by atoms with van der Waals surface area (Å²) in [5, 5.41) is 22.1. The maximum absolute atomic E-state index is 10.7. The van der Waals surface area contributed by atoms with Crippen molar-refractivity contribution in [2.45, 2.75) is 75.9 Å². The molecular formula is C21H28N4O3. The van der Waals surface area contributed by atoms with E-state index in [1.807, 2.05) is 6.07 Å². The Labute approximate surface area is 164 Å². The second-order valence-electron chi connectivity index (χ2n) is 8.58. The highest BCUT2D eigenvalue weighted by Crippen LogP contribution is 2.53. The fraction of sp³-hybridized carbons (Fsp3) is 0.619. The Balaban J connectivity index is 1.44. The van der Waals surface area contributed by atoms with Crippen LogP contribution < -0.4 is 5.73 Å². The highest BCUT2D eigenvalue weighted by atomic mass is 16.6. The summed E-state index contributed by atoms with van der Waals surface area (Å²) < 4.78 is 7.90. The summed E-state index contributed by atoms with van der Waals surface area (Å²) in [5.41, 5.74) is 8.24. The van der Waals surface area contributed by atoms with Crippen LogP contribution in [-0.2, 0) is 4.74 Å². The van der Waals surface area contributed by atoms with Crippen molar-refractivity contribution in [3.05, 3.63) is 30.2 Å². The number of nitrogens with two attached hydrogens (primary N) is 1. The molecule has 1 aliphatic heterocycles. The topological polar surface area (TPSA) is 106 Å². The van der Waals surface area contributed by atoms with Crippen molar-refractivity contribution < 1.29 is 14.9 Å². The van der Waals surface area contributed by atoms with Crippen LogP contribution in [0.15, 0.2) is 30.2 Å². The van der Waals surface area contributed by atoms with Gasteiger partial charge in [-0.25, -0.2) is 9.97 Å². The van der Waals surface area contributed by atoms with Gasteiger partial charge in [-0.1, -0.05) is 30.9 Å². The lowest BCUT2D eigenvalue weighted by Crippen LogP contribution is -2.31. The third-order valence-corrected chi connectivity index (χ3v) is 7.05. The van der Waals surface area contributed by atoms with Crippen molar-refractivity contribution >= 4 is 16.9 Å². The van der Waals surface area contributed by atoms with Crippen LogP contribution in [0.4, 0.5) is 5.82 Å². The fourth-order valence-electron chi connectivity index (χ4n) is 5.55. The minimum Gasteiger partial charge on any atom is -0.387 e. The Bertz CT molecular complexity index is 902. The zero-order valence-electron chi connectivity index (χ0n) is 16.0. The third kappa shape index (κ3) is 2.76. The lowest BCUT2D eigenvalue weighted by molar-refractivity contribution is -0.0244. The minimum absolute atomic E-state index is 0.298. The van der Waals surface area contributed by atoms with Crippen molar-refractivity contribution in [3.63, 3.8) is 0 Å². The van der Waals surface area contributed by atoms with Gasteiger partial charge in [-0.05, 0) is 43.6 Å². The van der Waals surface area contributed by atoms with E-state index in [1.54, 1.807) is 10.8 Å². The Hall–Kier alpha value is -1.96. The number of aliphatic hydroxyl groups is 2. The third-order valence-electron chi connectivity index (χ3n) is 7.05. The predicted octanol–water partition coefficient (Wildman–Crippen LogP) is 2.69. The molecule has 28 heavy (non-hydrogen) atoms. The van der Waals surface area contributed by atoms with Gasteiger partial charge in [0.25, 0.3) is 0 Å². The zero-order chi connectivity index (χ0) is 19.3. The summed E-state index contributed by atoms with van der Waals surface area (Å²) in [5.74, 6) is 0.389. The summed E-state index contributed by atoms with van der Waals surface area (Å²) in [4.78, 5) is 8.29. The molecule has 0 amide bonds. The van der Waals surface area contributed by atoms with Crippen LogP contribution in [0.1, 0.15) is 57.6 Å². The number of fused-ring (bicyclic) bond motifs is 1. The van der Waals surface area contributed by atoms with E-state index in [2.05, 4.69) is 16.0 Å². The van der Waals surface area contributed by atoms with Crippen molar-refractivity contribution in [2.75, 3.05) is 5.73 Å². The molecule has 1 saturated heterocycles. The molecule has 5 rings (SSSR count). The molecule has 3 fully saturated rings. The first-order valence-corrected chi connectivity index (χ1v) is 10.4. The Morgan fingerprint density at radius 3 is 2.71 bits per heavy atom. The number of nitrogens with zero attached hydrogens (tertiary/aromatic N) is 3. The summed E-state index contributed by atoms with van der Waals surface area (Å²) in [6.07, 6.45) is 12.0. The van der Waals surface area contributed by atoms with Crippen molar-refractivity contribution in [3.8, 4) is 0 Å². The highest BCUT2D eigenvalue weighted by Gasteiger charge is 2.45. The van der Waals surface area contributed by atoms with Gasteiger partial charge in [0.05, 0.1) is 5.39 Å². The largest absolute Gasteiger partial charge is 0.387 e. The van der Waals surface area contributed by atoms with Gasteiger partial charge in [0.15, 0.2) is 6.23 Å². The molecule has 4 atom stereocenters. The number of hydrogen-bond acceptors (Lipinski definition) is 6. The lowest BCUT2D eigenvalue weighted by atomic mass is 9.70. The van der Waals surface area contributed by atoms with Gasteiger partial charge in [0.1, 0.15) is 36.1 Å². The standard InChI is InChI=1S/C21H28N4O3/c22-18-14-6-10-25(19(14)24-12-23-18)20-17(27)16(26)15(28-20)11-13-5-4-9-21(13)7-2-1-3-8-21/h6,10-12,15-17,20,26-27H,1-5,7-9H2,(H2,22,23,24)/b13-11+/t15-,16-,17-,20-/m1/s1. The molecule has 7 nitrogen and oxygen atoms in total. The molecule has 0 aromatic carbocycles. The van der Waals surface area contributed by atoms with Crippen LogP contribution in [-0.4, -0.2) is 43.1 Å². The van der Waals surface area contributed by atoms with Gasteiger partial charge < -0.3 is 25.3 Å². The number of hydrogen-bond donors (Lipinski definition) is 3. The average Bonchev–Trinajstić information content (AvgIpc) is 3.37. The van der Waals surface area contributed by atoms with Crippen LogP contribution in [0.25, 0.3) is 11.0 Å². The lowest BCUT2D eigenvalue weighted by Gasteiger charge is -2.35. The smallest absolute Gasteiger partial charge is 0.164 e. The van der Waals surface area contributed by atoms with E-state index in [0.717, 1.165) is 6.42 Å². The predicted molar refractivity (Wildman–Crippen MR) is 105 cm³/mol. The molecule has 0 unspecified atom stereocenters. The first-order chi connectivity index (χ1) is 13.6. The number of ether oxygens (including phenoxy) is 1. The molecule has 1 spiro atoms. The van der Waals surface area contributed by atoms with E-state index in [-0.39, 0.29) is 0 Å². The minimum atomic E-state index is -1.03. The van der Waals surface area contributed by atoms with E-state index >= 15 is 0 Å². The van der Waals surface area contributed by atoms with Gasteiger partial charge in [-0.2, -0.15) is 0 Å². The molecule has 3 aliphatic rings. The van der Waals surface area contributed by atoms with Gasteiger partial charge in [-0.15, -0.1) is 0 Å². The van der Waals surface area contributed by atoms with E-state index < -0.39 is 24.5 Å². The van der Waals surface area contributed by atoms with Crippen LogP contribution in [0.5, 0.6) is 0 Å². The Kier molecular flexibility index (Phi) is 4.41. The molecule has 2 aromatic heterocycles. The normalized spacial score (nSPS) is 34.0. The Morgan fingerprint density at radius 1 is 1.11 bits per heavy atom. The van der Waals surface area contributed by atoms with E-state index in [1.165, 1.54) is 56.8 Å². The zero-order valence-corrected chi connectivity index (χ0v) is 16.0. The highest BCUT2D eigenvalue weighted by molar-refractivity contribution is 5.86. The second-order valence-corrected chi connectivity index (χ2v) is 8.58. The van der Waals surface area contributed by atoms with Gasteiger partial charge >= 0.3 is 0 Å². The van der Waals surface area contributed by atoms with E-state index in [0.29, 0.717) is 22.3 Å². The van der Waals surface area contributed by atoms with Crippen LogP contribution >= 0.6 is 0 Å². The van der Waals surface area contributed by atoms with Gasteiger partial charge in [-0.3, -0.25) is 0 Å². The fourth-order valence-corrected chi connectivity index (χ4v) is 5.55. The van der Waals surface area contributed by atoms with Crippen molar-refractivity contribution in [2.24, 2.45) is 5.41 Å². The van der Waals surface area contributed by atoms with Crippen LogP contribution in [0, 0.1) is 5.41 Å². The maximum atomic E-state index is 10.7. The van der Waals surface area contributed by atoms with E-state index in [9.17, 15) is 10.2 Å². The number of nitrogen functional groups attached to an aromatic ring is 1. The molecule has 0 radical (unpaired) electrons. The van der Waals surface area contributed by atoms with Crippen molar-refractivity contribution in [1.82, 2.24) is 14.5 Å². The SMILES string of the molecule is Nc1ncnc2c1ccn2[C@@H]1O[C@H](/C=C2\CCCC23CCCCC3)[C@@H](O)[C@H]1O. The molecule has 0 bridgehead atoms. The summed E-state index contributed by atoms with van der Waals surface area (Å²) in [6.45, 7) is 0. The number of anilines is 1. The number of allylic oxidation sites excluding steroid dienone is 1. The molecule has 150 valence electrons. The van der Waals surface area contributed by atoms with Crippen LogP contribution in [0.2, 0.25) is 0 Å². The van der Waals surface area contributed by atoms with Crippen molar-refractivity contribution in [1.29, 1.82) is 0 Å². The summed E-state index contributed by atoms with van der Waals surface area (Å²) in [7, 11) is 0. The second kappa shape index (κ2) is 6.83. The summed E-state index contributed by atoms with van der Waals surface area (Å²) in [6, 6.07) is 1.81. The number of aromatic nitrogens is 3. The molecule has 2 aliphatic carbocycles.